The summed E-state index contributed by atoms with van der Waals surface area (Å²) < 4.78 is 13.5. The van der Waals surface area contributed by atoms with E-state index in [0.29, 0.717) is 0 Å². The van der Waals surface area contributed by atoms with E-state index in [1.54, 1.807) is 12.1 Å². The number of hydrogen-bond acceptors (Lipinski definition) is 2. The molecule has 0 atom stereocenters. The lowest BCUT2D eigenvalue weighted by molar-refractivity contribution is 0.628. The predicted molar refractivity (Wildman–Crippen MR) is 81.1 cm³/mol. The molecule has 1 heterocycles. The molecule has 0 aromatic heterocycles. The van der Waals surface area contributed by atoms with E-state index in [2.05, 4.69) is 35.3 Å². The third-order valence-corrected chi connectivity index (χ3v) is 3.84. The van der Waals surface area contributed by atoms with Gasteiger partial charge in [-0.2, -0.15) is 0 Å². The van der Waals surface area contributed by atoms with Crippen molar-refractivity contribution < 1.29 is 4.39 Å². The zero-order valence-corrected chi connectivity index (χ0v) is 11.9. The number of anilines is 2. The Balaban J connectivity index is 2.05. The van der Waals surface area contributed by atoms with Gasteiger partial charge in [-0.1, -0.05) is 23.8 Å². The molecule has 1 N–H and O–H groups in total. The fourth-order valence-corrected chi connectivity index (χ4v) is 2.91. The fourth-order valence-electron chi connectivity index (χ4n) is 2.91. The van der Waals surface area contributed by atoms with Crippen molar-refractivity contribution in [2.24, 2.45) is 0 Å². The van der Waals surface area contributed by atoms with Crippen molar-refractivity contribution in [1.29, 1.82) is 0 Å². The van der Waals surface area contributed by atoms with E-state index in [9.17, 15) is 4.39 Å². The second-order valence-electron chi connectivity index (χ2n) is 5.34. The quantitative estimate of drug-likeness (QED) is 0.917. The highest BCUT2D eigenvalue weighted by Crippen LogP contribution is 2.37. The van der Waals surface area contributed by atoms with Crippen molar-refractivity contribution in [3.8, 4) is 0 Å². The zero-order chi connectivity index (χ0) is 14.1. The standard InChI is InChI=1S/C17H19FN2/c1-12-3-6-16(14(9-12)11-19-2)20-8-7-13-4-5-15(18)10-17(13)20/h3-6,9-10,19H,7-8,11H2,1-2H3. The SMILES string of the molecule is CNCc1cc(C)ccc1N1CCc2ccc(F)cc21. The summed E-state index contributed by atoms with van der Waals surface area (Å²) in [6.45, 7) is 3.83. The summed E-state index contributed by atoms with van der Waals surface area (Å²) >= 11 is 0. The van der Waals surface area contributed by atoms with Crippen molar-refractivity contribution in [2.45, 2.75) is 19.9 Å². The molecule has 3 rings (SSSR count). The molecule has 0 saturated carbocycles. The highest BCUT2D eigenvalue weighted by atomic mass is 19.1. The van der Waals surface area contributed by atoms with Crippen LogP contribution in [0.4, 0.5) is 15.8 Å². The van der Waals surface area contributed by atoms with Gasteiger partial charge in [-0.3, -0.25) is 0 Å². The maximum atomic E-state index is 13.5. The molecular formula is C17H19FN2. The second kappa shape index (κ2) is 5.25. The van der Waals surface area contributed by atoms with Gasteiger partial charge in [0.2, 0.25) is 0 Å². The molecule has 0 bridgehead atoms. The average molecular weight is 270 g/mol. The predicted octanol–water partition coefficient (Wildman–Crippen LogP) is 3.55. The Hall–Kier alpha value is -1.87. The van der Waals surface area contributed by atoms with Crippen LogP contribution in [0.25, 0.3) is 0 Å². The van der Waals surface area contributed by atoms with Gasteiger partial charge >= 0.3 is 0 Å². The first-order valence-corrected chi connectivity index (χ1v) is 6.99. The third kappa shape index (κ3) is 2.29. The van der Waals surface area contributed by atoms with Crippen LogP contribution in [0.2, 0.25) is 0 Å². The van der Waals surface area contributed by atoms with E-state index >= 15 is 0 Å². The molecular weight excluding hydrogens is 251 g/mol. The van der Waals surface area contributed by atoms with Crippen molar-refractivity contribution in [3.05, 3.63) is 58.9 Å². The minimum absolute atomic E-state index is 0.169. The van der Waals surface area contributed by atoms with Crippen molar-refractivity contribution in [1.82, 2.24) is 5.32 Å². The van der Waals surface area contributed by atoms with Crippen LogP contribution in [0.15, 0.2) is 36.4 Å². The molecule has 0 unspecified atom stereocenters. The van der Waals surface area contributed by atoms with Crippen LogP contribution in [0.1, 0.15) is 16.7 Å². The third-order valence-electron chi connectivity index (χ3n) is 3.84. The summed E-state index contributed by atoms with van der Waals surface area (Å²) in [7, 11) is 1.95. The van der Waals surface area contributed by atoms with Crippen LogP contribution in [0.5, 0.6) is 0 Å². The van der Waals surface area contributed by atoms with Crippen LogP contribution in [-0.4, -0.2) is 13.6 Å². The summed E-state index contributed by atoms with van der Waals surface area (Å²) in [6, 6.07) is 11.5. The van der Waals surface area contributed by atoms with E-state index < -0.39 is 0 Å². The first-order valence-electron chi connectivity index (χ1n) is 6.99. The maximum absolute atomic E-state index is 13.5. The molecule has 1 aliphatic rings. The number of nitrogens with one attached hydrogen (secondary N) is 1. The number of fused-ring (bicyclic) bond motifs is 1. The fraction of sp³-hybridized carbons (Fsp3) is 0.294. The van der Waals surface area contributed by atoms with Crippen molar-refractivity contribution >= 4 is 11.4 Å². The van der Waals surface area contributed by atoms with Gasteiger partial charge in [0.15, 0.2) is 0 Å². The van der Waals surface area contributed by atoms with Crippen LogP contribution in [0.3, 0.4) is 0 Å². The van der Waals surface area contributed by atoms with Crippen molar-refractivity contribution in [2.75, 3.05) is 18.5 Å². The Morgan fingerprint density at radius 1 is 1.15 bits per heavy atom. The van der Waals surface area contributed by atoms with Gasteiger partial charge in [0.1, 0.15) is 5.82 Å². The molecule has 2 nitrogen and oxygen atoms in total. The van der Waals surface area contributed by atoms with Gasteiger partial charge < -0.3 is 10.2 Å². The molecule has 0 radical (unpaired) electrons. The molecule has 0 fully saturated rings. The minimum atomic E-state index is -0.169. The van der Waals surface area contributed by atoms with E-state index in [1.807, 2.05) is 13.1 Å². The van der Waals surface area contributed by atoms with Gasteiger partial charge in [0.25, 0.3) is 0 Å². The largest absolute Gasteiger partial charge is 0.341 e. The molecule has 3 heteroatoms. The molecule has 104 valence electrons. The smallest absolute Gasteiger partial charge is 0.125 e. The summed E-state index contributed by atoms with van der Waals surface area (Å²) in [4.78, 5) is 2.23. The second-order valence-corrected chi connectivity index (χ2v) is 5.34. The summed E-state index contributed by atoms with van der Waals surface area (Å²) in [5, 5.41) is 3.21. The normalized spacial score (nSPS) is 13.7. The van der Waals surface area contributed by atoms with E-state index in [0.717, 1.165) is 25.2 Å². The lowest BCUT2D eigenvalue weighted by Crippen LogP contribution is -2.17. The van der Waals surface area contributed by atoms with Gasteiger partial charge in [-0.25, -0.2) is 4.39 Å². The van der Waals surface area contributed by atoms with Gasteiger partial charge in [0, 0.05) is 24.5 Å². The molecule has 0 aliphatic carbocycles. The van der Waals surface area contributed by atoms with E-state index in [-0.39, 0.29) is 5.82 Å². The molecule has 2 aromatic carbocycles. The molecule has 0 amide bonds. The van der Waals surface area contributed by atoms with Gasteiger partial charge in [0.05, 0.1) is 0 Å². The number of rotatable bonds is 3. The van der Waals surface area contributed by atoms with Crippen molar-refractivity contribution in [3.63, 3.8) is 0 Å². The molecule has 20 heavy (non-hydrogen) atoms. The molecule has 0 saturated heterocycles. The van der Waals surface area contributed by atoms with E-state index in [4.69, 9.17) is 0 Å². The topological polar surface area (TPSA) is 15.3 Å². The Bertz CT molecular complexity index is 637. The van der Waals surface area contributed by atoms with Crippen LogP contribution in [0, 0.1) is 12.7 Å². The maximum Gasteiger partial charge on any atom is 0.125 e. The summed E-state index contributed by atoms with van der Waals surface area (Å²) in [5.74, 6) is -0.169. The average Bonchev–Trinajstić information content (AvgIpc) is 2.82. The lowest BCUT2D eigenvalue weighted by atomic mass is 10.1. The Labute approximate surface area is 119 Å². The number of halogens is 1. The monoisotopic (exact) mass is 270 g/mol. The summed E-state index contributed by atoms with van der Waals surface area (Å²) in [5.41, 5.74) is 5.91. The number of aryl methyl sites for hydroxylation is 1. The van der Waals surface area contributed by atoms with Gasteiger partial charge in [-0.15, -0.1) is 0 Å². The Morgan fingerprint density at radius 3 is 2.80 bits per heavy atom. The molecule has 1 aliphatic heterocycles. The number of benzene rings is 2. The lowest BCUT2D eigenvalue weighted by Gasteiger charge is -2.23. The molecule has 2 aromatic rings. The molecule has 0 spiro atoms. The van der Waals surface area contributed by atoms with Crippen LogP contribution >= 0.6 is 0 Å². The van der Waals surface area contributed by atoms with E-state index in [1.165, 1.54) is 22.4 Å². The highest BCUT2D eigenvalue weighted by molar-refractivity contribution is 5.72. The van der Waals surface area contributed by atoms with Crippen LogP contribution < -0.4 is 10.2 Å². The Morgan fingerprint density at radius 2 is 2.00 bits per heavy atom. The Kier molecular flexibility index (Phi) is 3.45. The van der Waals surface area contributed by atoms with Crippen LogP contribution in [-0.2, 0) is 13.0 Å². The zero-order valence-electron chi connectivity index (χ0n) is 11.9. The van der Waals surface area contributed by atoms with Gasteiger partial charge in [-0.05, 0) is 49.7 Å². The minimum Gasteiger partial charge on any atom is -0.341 e. The highest BCUT2D eigenvalue weighted by Gasteiger charge is 2.22. The first kappa shape index (κ1) is 13.1. The first-order chi connectivity index (χ1) is 9.69. The summed E-state index contributed by atoms with van der Waals surface area (Å²) in [6.07, 6.45) is 0.975. The number of hydrogen-bond donors (Lipinski definition) is 1. The number of nitrogens with zero attached hydrogens (tertiary/aromatic N) is 1.